The van der Waals surface area contributed by atoms with Gasteiger partial charge in [-0.05, 0) is 49.4 Å². The van der Waals surface area contributed by atoms with Gasteiger partial charge in [0.05, 0.1) is 12.6 Å². The highest BCUT2D eigenvalue weighted by Gasteiger charge is 2.30. The molecule has 3 aromatic carbocycles. The molecule has 0 aliphatic heterocycles. The fourth-order valence-corrected chi connectivity index (χ4v) is 4.68. The molecule has 30 heavy (non-hydrogen) atoms. The van der Waals surface area contributed by atoms with Crippen molar-refractivity contribution in [2.75, 3.05) is 0 Å². The van der Waals surface area contributed by atoms with Crippen LogP contribution in [0.15, 0.2) is 60.7 Å². The fourth-order valence-electron chi connectivity index (χ4n) is 4.68. The highest BCUT2D eigenvalue weighted by atomic mass is 15.2. The van der Waals surface area contributed by atoms with Crippen molar-refractivity contribution in [3.8, 4) is 17.1 Å². The van der Waals surface area contributed by atoms with Crippen molar-refractivity contribution in [1.82, 2.24) is 4.57 Å². The number of aromatic nitrogens is 2. The summed E-state index contributed by atoms with van der Waals surface area (Å²) in [5, 5.41) is 0. The van der Waals surface area contributed by atoms with Crippen LogP contribution >= 0.6 is 0 Å². The van der Waals surface area contributed by atoms with Crippen LogP contribution in [-0.2, 0) is 7.05 Å². The second-order valence-electron chi connectivity index (χ2n) is 9.12. The van der Waals surface area contributed by atoms with Gasteiger partial charge in [0.1, 0.15) is 5.69 Å². The molecule has 154 valence electrons. The molecule has 0 fully saturated rings. The van der Waals surface area contributed by atoms with Gasteiger partial charge in [0, 0.05) is 11.1 Å². The lowest BCUT2D eigenvalue weighted by atomic mass is 9.92. The molecule has 4 rings (SSSR count). The Morgan fingerprint density at radius 3 is 2.00 bits per heavy atom. The molecule has 0 unspecified atom stereocenters. The number of hydrogen-bond acceptors (Lipinski definition) is 0. The van der Waals surface area contributed by atoms with Crippen molar-refractivity contribution in [2.24, 2.45) is 7.05 Å². The molecule has 0 N–H and O–H groups in total. The number of benzene rings is 3. The third-order valence-electron chi connectivity index (χ3n) is 6.20. The minimum Gasteiger partial charge on any atom is -0.225 e. The van der Waals surface area contributed by atoms with Gasteiger partial charge in [0.15, 0.2) is 11.0 Å². The Hall–Kier alpha value is -2.87. The molecule has 0 amide bonds. The third-order valence-corrected chi connectivity index (χ3v) is 6.20. The predicted octanol–water partition coefficient (Wildman–Crippen LogP) is 6.99. The summed E-state index contributed by atoms with van der Waals surface area (Å²) in [5.74, 6) is 2.12. The van der Waals surface area contributed by atoms with Crippen LogP contribution in [0.5, 0.6) is 0 Å². The number of nitrogens with zero attached hydrogens (tertiary/aromatic N) is 2. The van der Waals surface area contributed by atoms with Crippen LogP contribution in [-0.4, -0.2) is 4.57 Å². The lowest BCUT2D eigenvalue weighted by Gasteiger charge is -2.18. The molecule has 1 aromatic heterocycles. The SMILES string of the molecule is Cc1ccc(-c2n(-c3c(C(C)C)cccc3C(C)C)c3ccccc3[n+]2C)c(C)c1. The Morgan fingerprint density at radius 1 is 0.767 bits per heavy atom. The molecular formula is C28H33N2+. The average molecular weight is 398 g/mol. The first-order chi connectivity index (χ1) is 14.3. The van der Waals surface area contributed by atoms with E-state index in [-0.39, 0.29) is 0 Å². The molecule has 0 bridgehead atoms. The van der Waals surface area contributed by atoms with Crippen molar-refractivity contribution < 1.29 is 4.57 Å². The van der Waals surface area contributed by atoms with Gasteiger partial charge < -0.3 is 0 Å². The molecule has 0 radical (unpaired) electrons. The van der Waals surface area contributed by atoms with Gasteiger partial charge in [-0.2, -0.15) is 4.57 Å². The zero-order chi connectivity index (χ0) is 21.6. The topological polar surface area (TPSA) is 8.81 Å². The fraction of sp³-hybridized carbons (Fsp3) is 0.321. The first kappa shape index (κ1) is 20.4. The molecule has 0 saturated heterocycles. The summed E-state index contributed by atoms with van der Waals surface area (Å²) in [4.78, 5) is 0. The van der Waals surface area contributed by atoms with Crippen molar-refractivity contribution in [3.63, 3.8) is 0 Å². The molecule has 2 nitrogen and oxygen atoms in total. The largest absolute Gasteiger partial charge is 0.295 e. The van der Waals surface area contributed by atoms with E-state index in [1.807, 2.05) is 0 Å². The number of para-hydroxylation sites is 3. The Labute approximate surface area is 180 Å². The normalized spacial score (nSPS) is 11.8. The van der Waals surface area contributed by atoms with E-state index >= 15 is 0 Å². The minimum absolute atomic E-state index is 0.442. The van der Waals surface area contributed by atoms with Crippen LogP contribution in [0.25, 0.3) is 28.1 Å². The molecule has 2 heteroatoms. The van der Waals surface area contributed by atoms with Crippen LogP contribution in [0.2, 0.25) is 0 Å². The molecule has 0 aliphatic carbocycles. The van der Waals surface area contributed by atoms with Gasteiger partial charge in [-0.3, -0.25) is 0 Å². The Kier molecular flexibility index (Phi) is 5.27. The van der Waals surface area contributed by atoms with Crippen LogP contribution in [0.1, 0.15) is 61.8 Å². The van der Waals surface area contributed by atoms with Gasteiger partial charge in [0.2, 0.25) is 0 Å². The summed E-state index contributed by atoms with van der Waals surface area (Å²) in [6, 6.07) is 22.4. The Bertz CT molecular complexity index is 1200. The first-order valence-electron chi connectivity index (χ1n) is 11.0. The van der Waals surface area contributed by atoms with E-state index in [1.54, 1.807) is 0 Å². The van der Waals surface area contributed by atoms with E-state index in [4.69, 9.17) is 0 Å². The summed E-state index contributed by atoms with van der Waals surface area (Å²) in [7, 11) is 2.19. The maximum Gasteiger partial charge on any atom is 0.295 e. The first-order valence-corrected chi connectivity index (χ1v) is 11.0. The summed E-state index contributed by atoms with van der Waals surface area (Å²) < 4.78 is 4.87. The van der Waals surface area contributed by atoms with Gasteiger partial charge >= 0.3 is 0 Å². The number of aryl methyl sites for hydroxylation is 3. The number of imidazole rings is 1. The van der Waals surface area contributed by atoms with Crippen LogP contribution in [0.4, 0.5) is 0 Å². The van der Waals surface area contributed by atoms with Crippen molar-refractivity contribution in [2.45, 2.75) is 53.4 Å². The second-order valence-corrected chi connectivity index (χ2v) is 9.12. The van der Waals surface area contributed by atoms with Gasteiger partial charge in [0.25, 0.3) is 5.82 Å². The van der Waals surface area contributed by atoms with E-state index in [2.05, 4.69) is 118 Å². The summed E-state index contributed by atoms with van der Waals surface area (Å²) in [6.45, 7) is 13.6. The second kappa shape index (κ2) is 7.75. The maximum absolute atomic E-state index is 2.51. The molecule has 0 aliphatic rings. The van der Waals surface area contributed by atoms with E-state index in [1.165, 1.54) is 50.4 Å². The molecule has 1 heterocycles. The smallest absolute Gasteiger partial charge is 0.225 e. The van der Waals surface area contributed by atoms with Crippen molar-refractivity contribution in [3.05, 3.63) is 82.9 Å². The van der Waals surface area contributed by atoms with E-state index in [9.17, 15) is 0 Å². The highest BCUT2D eigenvalue weighted by molar-refractivity contribution is 5.81. The minimum atomic E-state index is 0.442. The quantitative estimate of drug-likeness (QED) is 0.328. The number of fused-ring (bicyclic) bond motifs is 1. The van der Waals surface area contributed by atoms with Crippen LogP contribution in [0.3, 0.4) is 0 Å². The van der Waals surface area contributed by atoms with Crippen LogP contribution < -0.4 is 4.57 Å². The molecule has 4 aromatic rings. The molecule has 0 atom stereocenters. The van der Waals surface area contributed by atoms with Gasteiger partial charge in [-0.1, -0.05) is 75.7 Å². The molecule has 0 spiro atoms. The summed E-state index contributed by atoms with van der Waals surface area (Å²) >= 11 is 0. The van der Waals surface area contributed by atoms with Crippen LogP contribution in [0, 0.1) is 13.8 Å². The Morgan fingerprint density at radius 2 is 1.40 bits per heavy atom. The monoisotopic (exact) mass is 397 g/mol. The lowest BCUT2D eigenvalue weighted by molar-refractivity contribution is -0.633. The number of rotatable bonds is 4. The standard InChI is InChI=1S/C28H33N2/c1-18(2)22-11-10-12-23(19(3)4)27(22)30-26-14-9-8-13-25(26)29(7)28(30)24-16-15-20(5)17-21(24)6/h8-19H,1-7H3/q+1. The third kappa shape index (κ3) is 3.25. The Balaban J connectivity index is 2.21. The lowest BCUT2D eigenvalue weighted by Crippen LogP contribution is -2.30. The molecular weight excluding hydrogens is 364 g/mol. The summed E-state index contributed by atoms with van der Waals surface area (Å²) in [5.41, 5.74) is 10.5. The van der Waals surface area contributed by atoms with Crippen molar-refractivity contribution in [1.29, 1.82) is 0 Å². The van der Waals surface area contributed by atoms with Gasteiger partial charge in [-0.15, -0.1) is 0 Å². The predicted molar refractivity (Wildman–Crippen MR) is 128 cm³/mol. The highest BCUT2D eigenvalue weighted by Crippen LogP contribution is 2.37. The number of hydrogen-bond donors (Lipinski definition) is 0. The zero-order valence-electron chi connectivity index (χ0n) is 19.3. The van der Waals surface area contributed by atoms with Crippen molar-refractivity contribution >= 4 is 11.0 Å². The maximum atomic E-state index is 2.51. The van der Waals surface area contributed by atoms with E-state index < -0.39 is 0 Å². The zero-order valence-corrected chi connectivity index (χ0v) is 19.3. The van der Waals surface area contributed by atoms with Gasteiger partial charge in [-0.25, -0.2) is 4.57 Å². The molecule has 0 saturated carbocycles. The van der Waals surface area contributed by atoms with E-state index in [0.717, 1.165) is 0 Å². The summed E-state index contributed by atoms with van der Waals surface area (Å²) in [6.07, 6.45) is 0. The van der Waals surface area contributed by atoms with E-state index in [0.29, 0.717) is 11.8 Å². The average Bonchev–Trinajstić information content (AvgIpc) is 3.00.